The van der Waals surface area contributed by atoms with Crippen molar-refractivity contribution in [1.82, 2.24) is 9.97 Å². The van der Waals surface area contributed by atoms with E-state index in [9.17, 15) is 4.79 Å². The summed E-state index contributed by atoms with van der Waals surface area (Å²) in [6.45, 7) is 4.94. The lowest BCUT2D eigenvalue weighted by Crippen LogP contribution is -2.27. The van der Waals surface area contributed by atoms with E-state index in [1.165, 1.54) is 7.11 Å². The standard InChI is InChI=1S/C12H20N4O2/c1-5-6-13-10-7-11(15-9(2)14-10)16(3)8-12(17)18-4/h7H,5-6,8H2,1-4H3,(H,13,14,15). The number of esters is 1. The number of aryl methyl sites for hydroxylation is 1. The highest BCUT2D eigenvalue weighted by molar-refractivity contribution is 5.75. The van der Waals surface area contributed by atoms with Crippen molar-refractivity contribution < 1.29 is 9.53 Å². The molecule has 0 saturated carbocycles. The van der Waals surface area contributed by atoms with E-state index in [-0.39, 0.29) is 12.5 Å². The summed E-state index contributed by atoms with van der Waals surface area (Å²) in [7, 11) is 3.16. The molecular formula is C12H20N4O2. The van der Waals surface area contributed by atoms with Gasteiger partial charge in [-0.2, -0.15) is 0 Å². The number of methoxy groups -OCH3 is 1. The molecule has 1 heterocycles. The molecule has 0 aromatic carbocycles. The van der Waals surface area contributed by atoms with Crippen molar-refractivity contribution in [1.29, 1.82) is 0 Å². The summed E-state index contributed by atoms with van der Waals surface area (Å²) in [5, 5.41) is 3.20. The molecule has 0 aliphatic heterocycles. The summed E-state index contributed by atoms with van der Waals surface area (Å²) >= 11 is 0. The third kappa shape index (κ3) is 4.20. The lowest BCUT2D eigenvalue weighted by atomic mass is 10.4. The molecular weight excluding hydrogens is 232 g/mol. The molecule has 0 saturated heterocycles. The second-order valence-electron chi connectivity index (χ2n) is 4.02. The Morgan fingerprint density at radius 2 is 2.22 bits per heavy atom. The van der Waals surface area contributed by atoms with Gasteiger partial charge in [-0.1, -0.05) is 6.92 Å². The Morgan fingerprint density at radius 3 is 2.83 bits per heavy atom. The van der Waals surface area contributed by atoms with Gasteiger partial charge in [0, 0.05) is 19.7 Å². The van der Waals surface area contributed by atoms with Gasteiger partial charge >= 0.3 is 5.97 Å². The Balaban J connectivity index is 2.80. The molecule has 0 aliphatic rings. The first kappa shape index (κ1) is 14.2. The molecule has 0 radical (unpaired) electrons. The minimum Gasteiger partial charge on any atom is -0.468 e. The first-order chi connectivity index (χ1) is 8.56. The molecule has 0 fully saturated rings. The van der Waals surface area contributed by atoms with Gasteiger partial charge in [-0.3, -0.25) is 4.79 Å². The van der Waals surface area contributed by atoms with Gasteiger partial charge in [0.05, 0.1) is 7.11 Å². The van der Waals surface area contributed by atoms with Crippen LogP contribution >= 0.6 is 0 Å². The normalized spacial score (nSPS) is 10.0. The summed E-state index contributed by atoms with van der Waals surface area (Å²) in [6.07, 6.45) is 1.02. The van der Waals surface area contributed by atoms with Crippen molar-refractivity contribution in [2.24, 2.45) is 0 Å². The largest absolute Gasteiger partial charge is 0.468 e. The number of nitrogens with one attached hydrogen (secondary N) is 1. The number of hydrogen-bond donors (Lipinski definition) is 1. The van der Waals surface area contributed by atoms with Gasteiger partial charge in [0.1, 0.15) is 24.0 Å². The SMILES string of the molecule is CCCNc1cc(N(C)CC(=O)OC)nc(C)n1. The zero-order chi connectivity index (χ0) is 13.5. The van der Waals surface area contributed by atoms with Crippen LogP contribution in [0.4, 0.5) is 11.6 Å². The molecule has 1 rings (SSSR count). The number of nitrogens with zero attached hydrogens (tertiary/aromatic N) is 3. The average Bonchev–Trinajstić information content (AvgIpc) is 2.35. The lowest BCUT2D eigenvalue weighted by molar-refractivity contribution is -0.138. The maximum Gasteiger partial charge on any atom is 0.325 e. The quantitative estimate of drug-likeness (QED) is 0.768. The minimum atomic E-state index is -0.295. The van der Waals surface area contributed by atoms with Gasteiger partial charge in [0.15, 0.2) is 0 Å². The predicted molar refractivity (Wildman–Crippen MR) is 70.8 cm³/mol. The third-order valence-corrected chi connectivity index (χ3v) is 2.37. The van der Waals surface area contributed by atoms with Crippen molar-refractivity contribution in [2.75, 3.05) is 37.5 Å². The summed E-state index contributed by atoms with van der Waals surface area (Å²) in [4.78, 5) is 21.5. The zero-order valence-corrected chi connectivity index (χ0v) is 11.4. The van der Waals surface area contributed by atoms with Crippen LogP contribution in [0, 0.1) is 6.92 Å². The van der Waals surface area contributed by atoms with Crippen LogP contribution in [0.1, 0.15) is 19.2 Å². The molecule has 6 nitrogen and oxygen atoms in total. The van der Waals surface area contributed by atoms with Crippen molar-refractivity contribution >= 4 is 17.6 Å². The summed E-state index contributed by atoms with van der Waals surface area (Å²) in [5.41, 5.74) is 0. The third-order valence-electron chi connectivity index (χ3n) is 2.37. The molecule has 18 heavy (non-hydrogen) atoms. The van der Waals surface area contributed by atoms with Gasteiger partial charge in [-0.15, -0.1) is 0 Å². The highest BCUT2D eigenvalue weighted by atomic mass is 16.5. The Kier molecular flexibility index (Phi) is 5.35. The number of aromatic nitrogens is 2. The van der Waals surface area contributed by atoms with E-state index in [1.807, 2.05) is 13.0 Å². The van der Waals surface area contributed by atoms with E-state index in [0.717, 1.165) is 18.8 Å². The van der Waals surface area contributed by atoms with Crippen LogP contribution in [0.3, 0.4) is 0 Å². The zero-order valence-electron chi connectivity index (χ0n) is 11.4. The highest BCUT2D eigenvalue weighted by Gasteiger charge is 2.10. The molecule has 0 atom stereocenters. The fraction of sp³-hybridized carbons (Fsp3) is 0.583. The maximum atomic E-state index is 11.2. The van der Waals surface area contributed by atoms with Crippen LogP contribution in [0.15, 0.2) is 6.07 Å². The van der Waals surface area contributed by atoms with E-state index in [2.05, 4.69) is 26.9 Å². The second-order valence-corrected chi connectivity index (χ2v) is 4.02. The number of carbonyl (C=O) groups is 1. The van der Waals surface area contributed by atoms with Gasteiger partial charge in [0.2, 0.25) is 0 Å². The average molecular weight is 252 g/mol. The molecule has 0 bridgehead atoms. The summed E-state index contributed by atoms with van der Waals surface area (Å²) < 4.78 is 4.63. The Hall–Kier alpha value is -1.85. The van der Waals surface area contributed by atoms with Crippen molar-refractivity contribution in [3.05, 3.63) is 11.9 Å². The van der Waals surface area contributed by atoms with Crippen molar-refractivity contribution in [3.63, 3.8) is 0 Å². The fourth-order valence-electron chi connectivity index (χ4n) is 1.43. The van der Waals surface area contributed by atoms with Crippen LogP contribution in [0.2, 0.25) is 0 Å². The Bertz CT molecular complexity index is 409. The topological polar surface area (TPSA) is 67.4 Å². The molecule has 1 aromatic heterocycles. The number of carbonyl (C=O) groups excluding carboxylic acids is 1. The molecule has 1 N–H and O–H groups in total. The Morgan fingerprint density at radius 1 is 1.50 bits per heavy atom. The number of ether oxygens (including phenoxy) is 1. The minimum absolute atomic E-state index is 0.167. The number of hydrogen-bond acceptors (Lipinski definition) is 6. The van der Waals surface area contributed by atoms with Gasteiger partial charge in [0.25, 0.3) is 0 Å². The van der Waals surface area contributed by atoms with Crippen molar-refractivity contribution in [2.45, 2.75) is 20.3 Å². The molecule has 6 heteroatoms. The van der Waals surface area contributed by atoms with Crippen LogP contribution in [0.25, 0.3) is 0 Å². The number of rotatable bonds is 6. The summed E-state index contributed by atoms with van der Waals surface area (Å²) in [6, 6.07) is 1.82. The first-order valence-corrected chi connectivity index (χ1v) is 5.94. The second kappa shape index (κ2) is 6.78. The van der Waals surface area contributed by atoms with E-state index < -0.39 is 0 Å². The van der Waals surface area contributed by atoms with Crippen LogP contribution in [-0.4, -0.2) is 43.2 Å². The number of anilines is 2. The molecule has 100 valence electrons. The predicted octanol–water partition coefficient (Wildman–Crippen LogP) is 1.22. The van der Waals surface area contributed by atoms with Gasteiger partial charge < -0.3 is 15.0 Å². The molecule has 0 aliphatic carbocycles. The molecule has 0 spiro atoms. The maximum absolute atomic E-state index is 11.2. The van der Waals surface area contributed by atoms with Gasteiger partial charge in [-0.05, 0) is 13.3 Å². The van der Waals surface area contributed by atoms with Crippen LogP contribution in [0.5, 0.6) is 0 Å². The monoisotopic (exact) mass is 252 g/mol. The van der Waals surface area contributed by atoms with Crippen LogP contribution < -0.4 is 10.2 Å². The highest BCUT2D eigenvalue weighted by Crippen LogP contribution is 2.14. The van der Waals surface area contributed by atoms with Crippen LogP contribution in [-0.2, 0) is 9.53 Å². The van der Waals surface area contributed by atoms with E-state index in [4.69, 9.17) is 0 Å². The van der Waals surface area contributed by atoms with E-state index >= 15 is 0 Å². The van der Waals surface area contributed by atoms with E-state index in [1.54, 1.807) is 11.9 Å². The van der Waals surface area contributed by atoms with Gasteiger partial charge in [-0.25, -0.2) is 9.97 Å². The number of likely N-dealkylation sites (N-methyl/N-ethyl adjacent to an activating group) is 1. The Labute approximate surface area is 107 Å². The molecule has 0 unspecified atom stereocenters. The fourth-order valence-corrected chi connectivity index (χ4v) is 1.43. The smallest absolute Gasteiger partial charge is 0.325 e. The molecule has 1 aromatic rings. The van der Waals surface area contributed by atoms with E-state index in [0.29, 0.717) is 11.6 Å². The first-order valence-electron chi connectivity index (χ1n) is 5.94. The van der Waals surface area contributed by atoms with Crippen molar-refractivity contribution in [3.8, 4) is 0 Å². The lowest BCUT2D eigenvalue weighted by Gasteiger charge is -2.17. The summed E-state index contributed by atoms with van der Waals surface area (Å²) in [5.74, 6) is 1.85. The molecule has 0 amide bonds.